The minimum Gasteiger partial charge on any atom is -0.348 e. The van der Waals surface area contributed by atoms with E-state index in [-0.39, 0.29) is 0 Å². The zero-order chi connectivity index (χ0) is 14.9. The number of hydrogen-bond acceptors (Lipinski definition) is 4. The van der Waals surface area contributed by atoms with Crippen LogP contribution in [0.15, 0.2) is 30.7 Å². The summed E-state index contributed by atoms with van der Waals surface area (Å²) in [4.78, 5) is 14.4. The van der Waals surface area contributed by atoms with Gasteiger partial charge in [-0.1, -0.05) is 0 Å². The molecule has 3 aromatic heterocycles. The molecule has 0 atom stereocenters. The zero-order valence-corrected chi connectivity index (χ0v) is 12.7. The molecular weight excluding hydrogens is 276 g/mol. The fourth-order valence-electron chi connectivity index (χ4n) is 3.32. The van der Waals surface area contributed by atoms with E-state index in [0.717, 1.165) is 49.6 Å². The van der Waals surface area contributed by atoms with Gasteiger partial charge in [-0.2, -0.15) is 5.10 Å². The average molecular weight is 296 g/mol. The van der Waals surface area contributed by atoms with E-state index in [0.29, 0.717) is 5.92 Å². The molecule has 0 amide bonds. The van der Waals surface area contributed by atoms with Crippen molar-refractivity contribution in [3.8, 4) is 0 Å². The summed E-state index contributed by atoms with van der Waals surface area (Å²) in [5.41, 5.74) is 3.26. The number of nitrogens with zero attached hydrogens (tertiary/aromatic N) is 5. The SMILES string of the molecule is Cc1cc2nccc(C3CCN(Cc4ncc[nH]4)CC3)n2n1. The van der Waals surface area contributed by atoms with Crippen molar-refractivity contribution in [2.24, 2.45) is 0 Å². The Hall–Kier alpha value is -2.21. The van der Waals surface area contributed by atoms with E-state index in [1.807, 2.05) is 36.1 Å². The second-order valence-corrected chi connectivity index (χ2v) is 6.01. The van der Waals surface area contributed by atoms with Gasteiger partial charge >= 0.3 is 0 Å². The number of aromatic nitrogens is 5. The number of nitrogens with one attached hydrogen (secondary N) is 1. The molecule has 0 aromatic carbocycles. The molecule has 6 nitrogen and oxygen atoms in total. The Morgan fingerprint density at radius 3 is 2.86 bits per heavy atom. The highest BCUT2D eigenvalue weighted by Crippen LogP contribution is 2.28. The average Bonchev–Trinajstić information content (AvgIpc) is 3.16. The third-order valence-corrected chi connectivity index (χ3v) is 4.44. The molecule has 4 rings (SSSR count). The van der Waals surface area contributed by atoms with Crippen molar-refractivity contribution in [2.45, 2.75) is 32.2 Å². The molecule has 1 N–H and O–H groups in total. The quantitative estimate of drug-likeness (QED) is 0.804. The molecule has 0 spiro atoms. The maximum Gasteiger partial charge on any atom is 0.155 e. The van der Waals surface area contributed by atoms with E-state index in [1.54, 1.807) is 0 Å². The standard InChI is InChI=1S/C16H20N6/c1-12-10-16-19-5-2-14(22(16)20-12)13-3-8-21(9-4-13)11-15-17-6-7-18-15/h2,5-7,10,13H,3-4,8-9,11H2,1H3,(H,17,18). The smallest absolute Gasteiger partial charge is 0.155 e. The summed E-state index contributed by atoms with van der Waals surface area (Å²) in [7, 11) is 0. The molecule has 3 aromatic rings. The van der Waals surface area contributed by atoms with Crippen molar-refractivity contribution in [1.82, 2.24) is 29.5 Å². The summed E-state index contributed by atoms with van der Waals surface area (Å²) in [6.45, 7) is 5.11. The Balaban J connectivity index is 1.48. The van der Waals surface area contributed by atoms with Crippen LogP contribution in [0.1, 0.15) is 36.0 Å². The van der Waals surface area contributed by atoms with Gasteiger partial charge in [0.15, 0.2) is 5.65 Å². The minimum absolute atomic E-state index is 0.553. The van der Waals surface area contributed by atoms with Crippen molar-refractivity contribution >= 4 is 5.65 Å². The molecule has 4 heterocycles. The molecule has 0 bridgehead atoms. The summed E-state index contributed by atoms with van der Waals surface area (Å²) in [6, 6.07) is 4.15. The van der Waals surface area contributed by atoms with Crippen LogP contribution >= 0.6 is 0 Å². The van der Waals surface area contributed by atoms with Gasteiger partial charge < -0.3 is 4.98 Å². The number of H-pyrrole nitrogens is 1. The highest BCUT2D eigenvalue weighted by molar-refractivity contribution is 5.40. The molecule has 1 fully saturated rings. The van der Waals surface area contributed by atoms with E-state index >= 15 is 0 Å². The molecule has 6 heteroatoms. The lowest BCUT2D eigenvalue weighted by Gasteiger charge is -2.31. The van der Waals surface area contributed by atoms with Gasteiger partial charge in [0.2, 0.25) is 0 Å². The van der Waals surface area contributed by atoms with Crippen LogP contribution in [0.2, 0.25) is 0 Å². The largest absolute Gasteiger partial charge is 0.348 e. The summed E-state index contributed by atoms with van der Waals surface area (Å²) in [6.07, 6.45) is 7.91. The summed E-state index contributed by atoms with van der Waals surface area (Å²) < 4.78 is 2.02. The van der Waals surface area contributed by atoms with Gasteiger partial charge in [0.1, 0.15) is 5.82 Å². The second-order valence-electron chi connectivity index (χ2n) is 6.01. The Morgan fingerprint density at radius 2 is 2.09 bits per heavy atom. The van der Waals surface area contributed by atoms with Crippen LogP contribution in [-0.2, 0) is 6.54 Å². The van der Waals surface area contributed by atoms with Gasteiger partial charge in [-0.25, -0.2) is 14.5 Å². The van der Waals surface area contributed by atoms with Gasteiger partial charge in [0, 0.05) is 36.3 Å². The maximum atomic E-state index is 4.59. The first-order valence-electron chi connectivity index (χ1n) is 7.81. The third kappa shape index (κ3) is 2.50. The van der Waals surface area contributed by atoms with Crippen LogP contribution in [-0.4, -0.2) is 42.6 Å². The fraction of sp³-hybridized carbons (Fsp3) is 0.438. The van der Waals surface area contributed by atoms with Gasteiger partial charge in [0.05, 0.1) is 12.2 Å². The maximum absolute atomic E-state index is 4.59. The highest BCUT2D eigenvalue weighted by atomic mass is 15.3. The predicted molar refractivity (Wildman–Crippen MR) is 83.6 cm³/mol. The van der Waals surface area contributed by atoms with E-state index in [4.69, 9.17) is 0 Å². The first-order valence-corrected chi connectivity index (χ1v) is 7.81. The lowest BCUT2D eigenvalue weighted by Crippen LogP contribution is -2.33. The van der Waals surface area contributed by atoms with E-state index < -0.39 is 0 Å². The van der Waals surface area contributed by atoms with Crippen LogP contribution in [0.4, 0.5) is 0 Å². The van der Waals surface area contributed by atoms with E-state index in [1.165, 1.54) is 5.69 Å². The molecular formula is C16H20N6. The Labute approximate surface area is 129 Å². The van der Waals surface area contributed by atoms with Crippen molar-refractivity contribution in [3.63, 3.8) is 0 Å². The Kier molecular flexibility index (Phi) is 3.38. The first kappa shape index (κ1) is 13.5. The van der Waals surface area contributed by atoms with Crippen LogP contribution in [0.3, 0.4) is 0 Å². The molecule has 0 unspecified atom stereocenters. The normalized spacial score (nSPS) is 17.3. The van der Waals surface area contributed by atoms with Gasteiger partial charge in [-0.15, -0.1) is 0 Å². The monoisotopic (exact) mass is 296 g/mol. The number of aryl methyl sites for hydroxylation is 1. The van der Waals surface area contributed by atoms with Gasteiger partial charge in [0.25, 0.3) is 0 Å². The summed E-state index contributed by atoms with van der Waals surface area (Å²) in [5.74, 6) is 1.60. The zero-order valence-electron chi connectivity index (χ0n) is 12.7. The van der Waals surface area contributed by atoms with E-state index in [9.17, 15) is 0 Å². The topological polar surface area (TPSA) is 62.1 Å². The minimum atomic E-state index is 0.553. The van der Waals surface area contributed by atoms with Crippen molar-refractivity contribution < 1.29 is 0 Å². The first-order chi connectivity index (χ1) is 10.8. The number of likely N-dealkylation sites (tertiary alicyclic amines) is 1. The van der Waals surface area contributed by atoms with Crippen molar-refractivity contribution in [1.29, 1.82) is 0 Å². The van der Waals surface area contributed by atoms with Crippen molar-refractivity contribution in [2.75, 3.05) is 13.1 Å². The third-order valence-electron chi connectivity index (χ3n) is 4.44. The Bertz CT molecular complexity index is 752. The summed E-state index contributed by atoms with van der Waals surface area (Å²) >= 11 is 0. The number of piperidine rings is 1. The van der Waals surface area contributed by atoms with E-state index in [2.05, 4.69) is 31.0 Å². The van der Waals surface area contributed by atoms with Gasteiger partial charge in [-0.3, -0.25) is 4.90 Å². The lowest BCUT2D eigenvalue weighted by atomic mass is 9.93. The summed E-state index contributed by atoms with van der Waals surface area (Å²) in [5, 5.41) is 4.59. The molecule has 0 saturated carbocycles. The molecule has 0 radical (unpaired) electrons. The molecule has 1 aliphatic heterocycles. The molecule has 114 valence electrons. The molecule has 0 aliphatic carbocycles. The number of fused-ring (bicyclic) bond motifs is 1. The second kappa shape index (κ2) is 5.53. The van der Waals surface area contributed by atoms with Crippen LogP contribution < -0.4 is 0 Å². The number of rotatable bonds is 3. The lowest BCUT2D eigenvalue weighted by molar-refractivity contribution is 0.198. The molecule has 1 aliphatic rings. The molecule has 1 saturated heterocycles. The molecule has 22 heavy (non-hydrogen) atoms. The fourth-order valence-corrected chi connectivity index (χ4v) is 3.32. The van der Waals surface area contributed by atoms with Crippen LogP contribution in [0.25, 0.3) is 5.65 Å². The number of aromatic amines is 1. The van der Waals surface area contributed by atoms with Gasteiger partial charge in [-0.05, 0) is 38.9 Å². The van der Waals surface area contributed by atoms with Crippen molar-refractivity contribution in [3.05, 3.63) is 47.9 Å². The Morgan fingerprint density at radius 1 is 1.23 bits per heavy atom. The highest BCUT2D eigenvalue weighted by Gasteiger charge is 2.23. The van der Waals surface area contributed by atoms with Crippen LogP contribution in [0, 0.1) is 6.92 Å². The number of hydrogen-bond donors (Lipinski definition) is 1. The van der Waals surface area contributed by atoms with Crippen LogP contribution in [0.5, 0.6) is 0 Å². The number of imidazole rings is 1. The predicted octanol–water partition coefficient (Wildman–Crippen LogP) is 2.14.